The van der Waals surface area contributed by atoms with Crippen molar-refractivity contribution in [3.05, 3.63) is 30.0 Å². The van der Waals surface area contributed by atoms with Gasteiger partial charge in [0.2, 0.25) is 0 Å². The fourth-order valence-corrected chi connectivity index (χ4v) is 1.51. The van der Waals surface area contributed by atoms with Gasteiger partial charge in [-0.3, -0.25) is 0 Å². The molecule has 0 saturated carbocycles. The van der Waals surface area contributed by atoms with Crippen LogP contribution in [0.1, 0.15) is 12.5 Å². The van der Waals surface area contributed by atoms with Crippen LogP contribution in [0.25, 0.3) is 11.0 Å². The van der Waals surface area contributed by atoms with E-state index in [-0.39, 0.29) is 0 Å². The third-order valence-corrected chi connectivity index (χ3v) is 2.30. The molecule has 4 heteroatoms. The molecular formula is C14H21NO3. The SMILES string of the molecule is CCOCNc1coc2ccc(C)cc12.COC. The fraction of sp³-hybridized carbons (Fsp3) is 0.429. The summed E-state index contributed by atoms with van der Waals surface area (Å²) in [6.45, 7) is 5.26. The van der Waals surface area contributed by atoms with Gasteiger partial charge in [-0.05, 0) is 26.0 Å². The quantitative estimate of drug-likeness (QED) is 0.668. The summed E-state index contributed by atoms with van der Waals surface area (Å²) in [6, 6.07) is 6.13. The van der Waals surface area contributed by atoms with Gasteiger partial charge in [0, 0.05) is 26.2 Å². The summed E-state index contributed by atoms with van der Waals surface area (Å²) in [5.41, 5.74) is 3.12. The number of hydrogen-bond acceptors (Lipinski definition) is 4. The van der Waals surface area contributed by atoms with E-state index < -0.39 is 0 Å². The largest absolute Gasteiger partial charge is 0.462 e. The second-order valence-electron chi connectivity index (χ2n) is 3.87. The van der Waals surface area contributed by atoms with Crippen molar-refractivity contribution in [1.82, 2.24) is 0 Å². The van der Waals surface area contributed by atoms with Crippen molar-refractivity contribution in [1.29, 1.82) is 0 Å². The molecule has 0 amide bonds. The Kier molecular flexibility index (Phi) is 6.25. The van der Waals surface area contributed by atoms with Crippen molar-refractivity contribution in [2.75, 3.05) is 32.9 Å². The van der Waals surface area contributed by atoms with Crippen LogP contribution in [0.4, 0.5) is 5.69 Å². The zero-order chi connectivity index (χ0) is 13.4. The van der Waals surface area contributed by atoms with E-state index in [1.54, 1.807) is 20.5 Å². The van der Waals surface area contributed by atoms with Crippen LogP contribution in [-0.4, -0.2) is 27.6 Å². The smallest absolute Gasteiger partial charge is 0.136 e. The molecule has 0 fully saturated rings. The molecule has 0 aliphatic rings. The number of hydrogen-bond donors (Lipinski definition) is 1. The van der Waals surface area contributed by atoms with Crippen LogP contribution in [0.15, 0.2) is 28.9 Å². The number of rotatable bonds is 4. The number of anilines is 1. The van der Waals surface area contributed by atoms with Crippen LogP contribution in [0.2, 0.25) is 0 Å². The Hall–Kier alpha value is -1.52. The molecule has 0 aliphatic carbocycles. The van der Waals surface area contributed by atoms with E-state index in [1.165, 1.54) is 5.56 Å². The van der Waals surface area contributed by atoms with Gasteiger partial charge in [-0.15, -0.1) is 0 Å². The van der Waals surface area contributed by atoms with Gasteiger partial charge in [0.1, 0.15) is 18.6 Å². The number of methoxy groups -OCH3 is 1. The van der Waals surface area contributed by atoms with Crippen molar-refractivity contribution in [2.45, 2.75) is 13.8 Å². The van der Waals surface area contributed by atoms with Gasteiger partial charge >= 0.3 is 0 Å². The third-order valence-electron chi connectivity index (χ3n) is 2.30. The van der Waals surface area contributed by atoms with Crippen molar-refractivity contribution in [3.8, 4) is 0 Å². The maximum Gasteiger partial charge on any atom is 0.136 e. The minimum atomic E-state index is 0.513. The standard InChI is InChI=1S/C12H15NO2.C2H6O/c1-3-14-8-13-11-7-15-12-5-4-9(2)6-10(11)12;1-3-2/h4-7,13H,3,8H2,1-2H3;1-2H3. The van der Waals surface area contributed by atoms with E-state index in [1.807, 2.05) is 19.1 Å². The maximum absolute atomic E-state index is 5.42. The summed E-state index contributed by atoms with van der Waals surface area (Å²) in [4.78, 5) is 0. The van der Waals surface area contributed by atoms with E-state index >= 15 is 0 Å². The highest BCUT2D eigenvalue weighted by atomic mass is 16.5. The first-order chi connectivity index (χ1) is 8.72. The van der Waals surface area contributed by atoms with Gasteiger partial charge in [0.15, 0.2) is 0 Å². The Labute approximate surface area is 108 Å². The van der Waals surface area contributed by atoms with Crippen LogP contribution >= 0.6 is 0 Å². The topological polar surface area (TPSA) is 43.6 Å². The molecule has 1 N–H and O–H groups in total. The van der Waals surface area contributed by atoms with Gasteiger partial charge in [-0.25, -0.2) is 0 Å². The number of aryl methyl sites for hydroxylation is 1. The lowest BCUT2D eigenvalue weighted by atomic mass is 10.2. The first-order valence-corrected chi connectivity index (χ1v) is 5.92. The van der Waals surface area contributed by atoms with E-state index in [0.717, 1.165) is 16.7 Å². The van der Waals surface area contributed by atoms with Gasteiger partial charge in [-0.1, -0.05) is 11.6 Å². The molecule has 0 atom stereocenters. The number of furan rings is 1. The van der Waals surface area contributed by atoms with Crippen LogP contribution in [0.3, 0.4) is 0 Å². The first kappa shape index (κ1) is 14.5. The van der Waals surface area contributed by atoms with Crippen LogP contribution in [-0.2, 0) is 9.47 Å². The number of ether oxygens (including phenoxy) is 2. The van der Waals surface area contributed by atoms with Crippen LogP contribution < -0.4 is 5.32 Å². The Bertz CT molecular complexity index is 465. The lowest BCUT2D eigenvalue weighted by Gasteiger charge is -2.03. The van der Waals surface area contributed by atoms with Gasteiger partial charge < -0.3 is 19.2 Å². The molecule has 100 valence electrons. The van der Waals surface area contributed by atoms with Crippen LogP contribution in [0.5, 0.6) is 0 Å². The first-order valence-electron chi connectivity index (χ1n) is 5.92. The molecule has 0 saturated heterocycles. The zero-order valence-corrected chi connectivity index (χ0v) is 11.4. The third kappa shape index (κ3) is 4.05. The Morgan fingerprint density at radius 3 is 2.67 bits per heavy atom. The monoisotopic (exact) mass is 251 g/mol. The predicted octanol–water partition coefficient (Wildman–Crippen LogP) is 3.41. The molecule has 0 spiro atoms. The van der Waals surface area contributed by atoms with Gasteiger partial charge in [-0.2, -0.15) is 0 Å². The van der Waals surface area contributed by atoms with Crippen molar-refractivity contribution in [2.24, 2.45) is 0 Å². The Balaban J connectivity index is 0.000000492. The van der Waals surface area contributed by atoms with Gasteiger partial charge in [0.05, 0.1) is 5.69 Å². The number of fused-ring (bicyclic) bond motifs is 1. The lowest BCUT2D eigenvalue weighted by molar-refractivity contribution is 0.167. The molecule has 2 rings (SSSR count). The molecule has 1 aromatic heterocycles. The summed E-state index contributed by atoms with van der Waals surface area (Å²) < 4.78 is 14.9. The Morgan fingerprint density at radius 1 is 1.28 bits per heavy atom. The predicted molar refractivity (Wildman–Crippen MR) is 74.0 cm³/mol. The van der Waals surface area contributed by atoms with E-state index in [2.05, 4.69) is 23.0 Å². The minimum absolute atomic E-state index is 0.513. The fourth-order valence-electron chi connectivity index (χ4n) is 1.51. The highest BCUT2D eigenvalue weighted by Crippen LogP contribution is 2.26. The zero-order valence-electron chi connectivity index (χ0n) is 11.4. The highest BCUT2D eigenvalue weighted by Gasteiger charge is 2.04. The molecule has 18 heavy (non-hydrogen) atoms. The Morgan fingerprint density at radius 2 is 2.00 bits per heavy atom. The summed E-state index contributed by atoms with van der Waals surface area (Å²) in [7, 11) is 3.25. The minimum Gasteiger partial charge on any atom is -0.462 e. The summed E-state index contributed by atoms with van der Waals surface area (Å²) >= 11 is 0. The second kappa shape index (κ2) is 7.74. The van der Waals surface area contributed by atoms with Crippen molar-refractivity contribution >= 4 is 16.7 Å². The summed E-state index contributed by atoms with van der Waals surface area (Å²) in [6.07, 6.45) is 1.73. The highest BCUT2D eigenvalue weighted by molar-refractivity contribution is 5.90. The second-order valence-corrected chi connectivity index (χ2v) is 3.87. The molecule has 0 unspecified atom stereocenters. The molecule has 0 bridgehead atoms. The van der Waals surface area contributed by atoms with Crippen molar-refractivity contribution in [3.63, 3.8) is 0 Å². The molecule has 4 nitrogen and oxygen atoms in total. The van der Waals surface area contributed by atoms with Crippen LogP contribution in [0, 0.1) is 6.92 Å². The average Bonchev–Trinajstić information content (AvgIpc) is 2.73. The summed E-state index contributed by atoms with van der Waals surface area (Å²) in [5, 5.41) is 4.29. The average molecular weight is 251 g/mol. The normalized spacial score (nSPS) is 10.0. The van der Waals surface area contributed by atoms with Gasteiger partial charge in [0.25, 0.3) is 0 Å². The van der Waals surface area contributed by atoms with E-state index in [0.29, 0.717) is 13.3 Å². The number of benzene rings is 1. The molecule has 1 aromatic carbocycles. The molecule has 0 aliphatic heterocycles. The molecule has 2 aromatic rings. The van der Waals surface area contributed by atoms with E-state index in [9.17, 15) is 0 Å². The lowest BCUT2D eigenvalue weighted by Crippen LogP contribution is -2.04. The molecular weight excluding hydrogens is 230 g/mol. The molecule has 0 radical (unpaired) electrons. The van der Waals surface area contributed by atoms with Crippen molar-refractivity contribution < 1.29 is 13.9 Å². The molecule has 1 heterocycles. The number of nitrogens with one attached hydrogen (secondary N) is 1. The van der Waals surface area contributed by atoms with E-state index in [4.69, 9.17) is 9.15 Å². The maximum atomic E-state index is 5.42. The summed E-state index contributed by atoms with van der Waals surface area (Å²) in [5.74, 6) is 0.